The molecule has 2 nitrogen and oxygen atoms in total. The minimum atomic E-state index is 0.763. The van der Waals surface area contributed by atoms with Crippen LogP contribution in [0.15, 0.2) is 6.20 Å². The van der Waals surface area contributed by atoms with Crippen LogP contribution >= 0.6 is 46.5 Å². The van der Waals surface area contributed by atoms with E-state index < -0.39 is 0 Å². The Balaban J connectivity index is 1.65. The SMILES string of the molecule is Clc1cnc(CNCC2CSCCS2)s1. The molecule has 1 aliphatic heterocycles. The predicted octanol–water partition coefficient (Wildman–Crippen LogP) is 2.73. The van der Waals surface area contributed by atoms with E-state index in [1.54, 1.807) is 17.5 Å². The lowest BCUT2D eigenvalue weighted by atomic mass is 10.4. The summed E-state index contributed by atoms with van der Waals surface area (Å²) >= 11 is 11.5. The maximum atomic E-state index is 5.81. The fraction of sp³-hybridized carbons (Fsp3) is 0.667. The number of nitrogens with zero attached hydrogens (tertiary/aromatic N) is 1. The van der Waals surface area contributed by atoms with E-state index in [0.29, 0.717) is 0 Å². The van der Waals surface area contributed by atoms with Gasteiger partial charge < -0.3 is 5.32 Å². The van der Waals surface area contributed by atoms with Crippen LogP contribution in [0.2, 0.25) is 4.34 Å². The van der Waals surface area contributed by atoms with Crippen molar-refractivity contribution >= 4 is 46.5 Å². The van der Waals surface area contributed by atoms with Crippen LogP contribution in [0.5, 0.6) is 0 Å². The Morgan fingerprint density at radius 2 is 2.47 bits per heavy atom. The van der Waals surface area contributed by atoms with Crippen LogP contribution in [-0.4, -0.2) is 34.0 Å². The van der Waals surface area contributed by atoms with Gasteiger partial charge in [-0.1, -0.05) is 11.6 Å². The van der Waals surface area contributed by atoms with Gasteiger partial charge in [0.1, 0.15) is 9.34 Å². The molecule has 1 saturated heterocycles. The first kappa shape index (κ1) is 12.0. The normalized spacial score (nSPS) is 21.8. The Hall–Kier alpha value is 0.580. The second-order valence-corrected chi connectivity index (χ2v) is 7.56. The largest absolute Gasteiger partial charge is 0.309 e. The lowest BCUT2D eigenvalue weighted by Gasteiger charge is -2.20. The highest BCUT2D eigenvalue weighted by Gasteiger charge is 2.13. The van der Waals surface area contributed by atoms with Crippen LogP contribution in [0.3, 0.4) is 0 Å². The molecule has 84 valence electrons. The Morgan fingerprint density at radius 3 is 3.13 bits per heavy atom. The first-order chi connectivity index (χ1) is 7.34. The van der Waals surface area contributed by atoms with Gasteiger partial charge in [0, 0.05) is 35.6 Å². The maximum Gasteiger partial charge on any atom is 0.113 e. The Bertz CT molecular complexity index is 299. The highest BCUT2D eigenvalue weighted by atomic mass is 35.5. The average Bonchev–Trinajstić information content (AvgIpc) is 2.66. The summed E-state index contributed by atoms with van der Waals surface area (Å²) in [6.07, 6.45) is 1.72. The molecule has 0 radical (unpaired) electrons. The summed E-state index contributed by atoms with van der Waals surface area (Å²) in [5, 5.41) is 5.28. The number of halogens is 1. The van der Waals surface area contributed by atoms with Crippen molar-refractivity contribution in [2.75, 3.05) is 23.8 Å². The van der Waals surface area contributed by atoms with Crippen molar-refractivity contribution in [1.29, 1.82) is 0 Å². The molecule has 0 bridgehead atoms. The molecular weight excluding hydrogens is 268 g/mol. The predicted molar refractivity (Wildman–Crippen MR) is 72.4 cm³/mol. The molecule has 15 heavy (non-hydrogen) atoms. The van der Waals surface area contributed by atoms with Crippen LogP contribution in [0.25, 0.3) is 0 Å². The molecule has 2 rings (SSSR count). The highest BCUT2D eigenvalue weighted by molar-refractivity contribution is 8.06. The zero-order valence-electron chi connectivity index (χ0n) is 8.24. The van der Waals surface area contributed by atoms with Crippen molar-refractivity contribution in [2.24, 2.45) is 0 Å². The minimum Gasteiger partial charge on any atom is -0.309 e. The van der Waals surface area contributed by atoms with Crippen LogP contribution in [0.1, 0.15) is 5.01 Å². The fourth-order valence-corrected chi connectivity index (χ4v) is 4.94. The van der Waals surface area contributed by atoms with Gasteiger partial charge in [0.15, 0.2) is 0 Å². The summed E-state index contributed by atoms with van der Waals surface area (Å²) in [7, 11) is 0. The molecule has 1 fully saturated rings. The first-order valence-corrected chi connectivity index (χ1v) is 8.24. The van der Waals surface area contributed by atoms with E-state index in [1.807, 2.05) is 0 Å². The van der Waals surface area contributed by atoms with Crippen molar-refractivity contribution in [2.45, 2.75) is 11.8 Å². The molecule has 2 heterocycles. The van der Waals surface area contributed by atoms with Gasteiger partial charge in [-0.05, 0) is 0 Å². The summed E-state index contributed by atoms with van der Waals surface area (Å²) in [5.41, 5.74) is 0. The smallest absolute Gasteiger partial charge is 0.113 e. The van der Waals surface area contributed by atoms with Crippen molar-refractivity contribution < 1.29 is 0 Å². The van der Waals surface area contributed by atoms with Gasteiger partial charge in [0.05, 0.1) is 6.20 Å². The van der Waals surface area contributed by atoms with Gasteiger partial charge in [-0.3, -0.25) is 0 Å². The number of nitrogens with one attached hydrogen (secondary N) is 1. The molecule has 6 heteroatoms. The fourth-order valence-electron chi connectivity index (χ4n) is 1.36. The third-order valence-corrected chi connectivity index (χ3v) is 6.02. The lowest BCUT2D eigenvalue weighted by Crippen LogP contribution is -2.28. The summed E-state index contributed by atoms with van der Waals surface area (Å²) < 4.78 is 0.773. The number of rotatable bonds is 4. The molecule has 1 aromatic heterocycles. The number of thioether (sulfide) groups is 2. The van der Waals surface area contributed by atoms with Crippen LogP contribution in [0, 0.1) is 0 Å². The van der Waals surface area contributed by atoms with Crippen molar-refractivity contribution in [1.82, 2.24) is 10.3 Å². The van der Waals surface area contributed by atoms with Crippen molar-refractivity contribution in [3.05, 3.63) is 15.5 Å². The Labute approximate surface area is 108 Å². The zero-order valence-corrected chi connectivity index (χ0v) is 11.4. The quantitative estimate of drug-likeness (QED) is 0.917. The van der Waals surface area contributed by atoms with E-state index in [2.05, 4.69) is 33.8 Å². The zero-order chi connectivity index (χ0) is 10.5. The van der Waals surface area contributed by atoms with Gasteiger partial charge in [-0.15, -0.1) is 11.3 Å². The average molecular weight is 281 g/mol. The molecule has 0 amide bonds. The lowest BCUT2D eigenvalue weighted by molar-refractivity contribution is 0.683. The molecule has 0 aliphatic carbocycles. The molecule has 0 spiro atoms. The Morgan fingerprint density at radius 1 is 1.53 bits per heavy atom. The second-order valence-electron chi connectivity index (χ2n) is 3.26. The van der Waals surface area contributed by atoms with Crippen LogP contribution in [0.4, 0.5) is 0 Å². The first-order valence-electron chi connectivity index (χ1n) is 4.85. The number of hydrogen-bond acceptors (Lipinski definition) is 5. The Kier molecular flexibility index (Phi) is 5.10. The van der Waals surface area contributed by atoms with E-state index in [1.165, 1.54) is 17.3 Å². The molecule has 1 unspecified atom stereocenters. The van der Waals surface area contributed by atoms with Crippen molar-refractivity contribution in [3.63, 3.8) is 0 Å². The molecule has 0 aromatic carbocycles. The molecular formula is C9H13ClN2S3. The molecule has 1 N–H and O–H groups in total. The van der Waals surface area contributed by atoms with Gasteiger partial charge in [-0.25, -0.2) is 4.98 Å². The summed E-state index contributed by atoms with van der Waals surface area (Å²) in [6.45, 7) is 1.92. The maximum absolute atomic E-state index is 5.81. The third-order valence-electron chi connectivity index (χ3n) is 2.06. The number of aromatic nitrogens is 1. The summed E-state index contributed by atoms with van der Waals surface area (Å²) in [6, 6.07) is 0. The number of hydrogen-bond donors (Lipinski definition) is 1. The van der Waals surface area contributed by atoms with Gasteiger partial charge in [0.25, 0.3) is 0 Å². The topological polar surface area (TPSA) is 24.9 Å². The summed E-state index contributed by atoms with van der Waals surface area (Å²) in [5.74, 6) is 3.87. The highest BCUT2D eigenvalue weighted by Crippen LogP contribution is 2.23. The standard InChI is InChI=1S/C9H13ClN2S3/c10-8-4-12-9(15-8)5-11-3-7-6-13-1-2-14-7/h4,7,11H,1-3,5-6H2. The van der Waals surface area contributed by atoms with Gasteiger partial charge >= 0.3 is 0 Å². The van der Waals surface area contributed by atoms with E-state index >= 15 is 0 Å². The third kappa shape index (κ3) is 4.15. The minimum absolute atomic E-state index is 0.763. The van der Waals surface area contributed by atoms with Gasteiger partial charge in [0.2, 0.25) is 0 Å². The molecule has 1 aliphatic rings. The second kappa shape index (κ2) is 6.35. The van der Waals surface area contributed by atoms with Gasteiger partial charge in [-0.2, -0.15) is 23.5 Å². The molecule has 1 aromatic rings. The van der Waals surface area contributed by atoms with E-state index in [0.717, 1.165) is 27.7 Å². The van der Waals surface area contributed by atoms with E-state index in [4.69, 9.17) is 11.6 Å². The molecule has 0 saturated carbocycles. The summed E-state index contributed by atoms with van der Waals surface area (Å²) in [4.78, 5) is 4.21. The monoisotopic (exact) mass is 280 g/mol. The van der Waals surface area contributed by atoms with Crippen molar-refractivity contribution in [3.8, 4) is 0 Å². The molecule has 1 atom stereocenters. The van der Waals surface area contributed by atoms with Crippen LogP contribution in [-0.2, 0) is 6.54 Å². The van der Waals surface area contributed by atoms with Crippen LogP contribution < -0.4 is 5.32 Å². The number of thiazole rings is 1. The van der Waals surface area contributed by atoms with E-state index in [-0.39, 0.29) is 0 Å². The van der Waals surface area contributed by atoms with E-state index in [9.17, 15) is 0 Å².